The average Bonchev–Trinajstić information content (AvgIpc) is 3.01. The fourth-order valence-electron chi connectivity index (χ4n) is 2.71. The Labute approximate surface area is 143 Å². The molecular weight excluding hydrogens is 349 g/mol. The number of alkyl halides is 5. The van der Waals surface area contributed by atoms with Crippen LogP contribution in [0.2, 0.25) is 0 Å². The van der Waals surface area contributed by atoms with E-state index in [1.165, 1.54) is 0 Å². The van der Waals surface area contributed by atoms with Gasteiger partial charge in [0.05, 0.1) is 6.61 Å². The Kier molecular flexibility index (Phi) is 8.08. The number of hydrogen-bond acceptors (Lipinski definition) is 3. The summed E-state index contributed by atoms with van der Waals surface area (Å²) in [5.74, 6) is -8.81. The predicted octanol–water partition coefficient (Wildman–Crippen LogP) is 4.08. The van der Waals surface area contributed by atoms with Crippen LogP contribution in [-0.2, 0) is 14.3 Å². The van der Waals surface area contributed by atoms with Gasteiger partial charge in [0.25, 0.3) is 0 Å². The van der Waals surface area contributed by atoms with Gasteiger partial charge in [-0.15, -0.1) is 0 Å². The summed E-state index contributed by atoms with van der Waals surface area (Å²) in [6.07, 6.45) is -0.0821. The number of likely N-dealkylation sites (tertiary alicyclic amines) is 1. The monoisotopic (exact) mass is 373 g/mol. The number of hydrogen-bond donors (Lipinski definition) is 0. The number of nitrogens with zero attached hydrogens (tertiary/aromatic N) is 1. The Morgan fingerprint density at radius 1 is 1.04 bits per heavy atom. The SMILES string of the molecule is CCCCCCCCOC(=O)C1CCCN1C(=O)C(F)(F)C(F)(F)F. The first-order chi connectivity index (χ1) is 11.6. The summed E-state index contributed by atoms with van der Waals surface area (Å²) in [7, 11) is 0. The fraction of sp³-hybridized carbons (Fsp3) is 0.875. The minimum atomic E-state index is -5.99. The van der Waals surface area contributed by atoms with Crippen LogP contribution in [-0.4, -0.2) is 48.1 Å². The van der Waals surface area contributed by atoms with Crippen LogP contribution in [0.1, 0.15) is 58.3 Å². The zero-order valence-corrected chi connectivity index (χ0v) is 14.2. The second kappa shape index (κ2) is 9.33. The zero-order chi connectivity index (χ0) is 19.1. The van der Waals surface area contributed by atoms with Gasteiger partial charge >= 0.3 is 24.0 Å². The van der Waals surface area contributed by atoms with E-state index >= 15 is 0 Å². The molecule has 146 valence electrons. The van der Waals surface area contributed by atoms with Crippen molar-refractivity contribution in [3.8, 4) is 0 Å². The van der Waals surface area contributed by atoms with E-state index in [2.05, 4.69) is 6.92 Å². The van der Waals surface area contributed by atoms with Crippen molar-refractivity contribution in [1.82, 2.24) is 4.90 Å². The highest BCUT2D eigenvalue weighted by Crippen LogP contribution is 2.38. The zero-order valence-electron chi connectivity index (χ0n) is 14.2. The summed E-state index contributed by atoms with van der Waals surface area (Å²) in [6.45, 7) is 1.83. The topological polar surface area (TPSA) is 46.6 Å². The van der Waals surface area contributed by atoms with Crippen molar-refractivity contribution in [3.63, 3.8) is 0 Å². The average molecular weight is 373 g/mol. The standard InChI is InChI=1S/C16H24F5NO3/c1-2-3-4-5-6-7-11-25-13(23)12-9-8-10-22(12)14(24)15(17,18)16(19,20)21/h12H,2-11H2,1H3. The minimum absolute atomic E-state index is 0.0228. The third kappa shape index (κ3) is 5.81. The van der Waals surface area contributed by atoms with Gasteiger partial charge < -0.3 is 9.64 Å². The molecule has 1 amide bonds. The van der Waals surface area contributed by atoms with Crippen molar-refractivity contribution < 1.29 is 36.3 Å². The van der Waals surface area contributed by atoms with Crippen LogP contribution in [0.3, 0.4) is 0 Å². The molecule has 0 radical (unpaired) electrons. The first-order valence-corrected chi connectivity index (χ1v) is 8.55. The molecule has 1 rings (SSSR count). The first-order valence-electron chi connectivity index (χ1n) is 8.55. The molecule has 0 bridgehead atoms. The summed E-state index contributed by atoms with van der Waals surface area (Å²) < 4.78 is 68.3. The molecule has 1 saturated heterocycles. The third-order valence-corrected chi connectivity index (χ3v) is 4.15. The number of ether oxygens (including phenoxy) is 1. The van der Waals surface area contributed by atoms with Gasteiger partial charge in [0, 0.05) is 6.54 Å². The number of rotatable bonds is 9. The van der Waals surface area contributed by atoms with E-state index in [9.17, 15) is 31.5 Å². The fourth-order valence-corrected chi connectivity index (χ4v) is 2.71. The quantitative estimate of drug-likeness (QED) is 0.348. The molecule has 1 aliphatic rings. The van der Waals surface area contributed by atoms with E-state index < -0.39 is 30.0 Å². The van der Waals surface area contributed by atoms with Crippen molar-refractivity contribution >= 4 is 11.9 Å². The molecule has 0 spiro atoms. The Hall–Kier alpha value is -1.41. The van der Waals surface area contributed by atoms with Crippen molar-refractivity contribution in [3.05, 3.63) is 0 Å². The molecule has 1 unspecified atom stereocenters. The Balaban J connectivity index is 2.49. The number of amides is 1. The number of esters is 1. The molecule has 0 aliphatic carbocycles. The minimum Gasteiger partial charge on any atom is -0.464 e. The predicted molar refractivity (Wildman–Crippen MR) is 80.1 cm³/mol. The number of halogens is 5. The van der Waals surface area contributed by atoms with E-state index in [0.29, 0.717) is 6.42 Å². The van der Waals surface area contributed by atoms with Crippen molar-refractivity contribution in [1.29, 1.82) is 0 Å². The first kappa shape index (κ1) is 21.6. The number of carbonyl (C=O) groups is 2. The van der Waals surface area contributed by atoms with Gasteiger partial charge in [0.2, 0.25) is 0 Å². The summed E-state index contributed by atoms with van der Waals surface area (Å²) >= 11 is 0. The lowest BCUT2D eigenvalue weighted by molar-refractivity contribution is -0.274. The number of unbranched alkanes of at least 4 members (excludes halogenated alkanes) is 5. The molecule has 0 aromatic rings. The highest BCUT2D eigenvalue weighted by atomic mass is 19.4. The molecule has 9 heteroatoms. The molecule has 1 atom stereocenters. The van der Waals surface area contributed by atoms with Gasteiger partial charge in [0.15, 0.2) is 0 Å². The van der Waals surface area contributed by atoms with E-state index in [1.807, 2.05) is 0 Å². The summed E-state index contributed by atoms with van der Waals surface area (Å²) in [5, 5.41) is 0. The molecule has 0 N–H and O–H groups in total. The Bertz CT molecular complexity index is 454. The molecule has 1 aliphatic heterocycles. The molecule has 1 fully saturated rings. The summed E-state index contributed by atoms with van der Waals surface area (Å²) in [6, 6.07) is -1.37. The second-order valence-corrected chi connectivity index (χ2v) is 6.16. The summed E-state index contributed by atoms with van der Waals surface area (Å²) in [5.41, 5.74) is 0. The van der Waals surface area contributed by atoms with Crippen LogP contribution < -0.4 is 0 Å². The highest BCUT2D eigenvalue weighted by Gasteiger charge is 2.65. The molecule has 25 heavy (non-hydrogen) atoms. The summed E-state index contributed by atoms with van der Waals surface area (Å²) in [4.78, 5) is 23.8. The lowest BCUT2D eigenvalue weighted by Crippen LogP contribution is -2.55. The van der Waals surface area contributed by atoms with Crippen LogP contribution in [0.5, 0.6) is 0 Å². The van der Waals surface area contributed by atoms with Gasteiger partial charge in [-0.2, -0.15) is 22.0 Å². The molecule has 0 saturated carbocycles. The lowest BCUT2D eigenvalue weighted by Gasteiger charge is -2.28. The highest BCUT2D eigenvalue weighted by molar-refractivity contribution is 5.89. The van der Waals surface area contributed by atoms with E-state index in [1.54, 1.807) is 0 Å². The van der Waals surface area contributed by atoms with Crippen molar-refractivity contribution in [2.45, 2.75) is 76.4 Å². The normalized spacial score (nSPS) is 18.5. The Morgan fingerprint density at radius 3 is 2.24 bits per heavy atom. The van der Waals surface area contributed by atoms with E-state index in [4.69, 9.17) is 4.74 Å². The maximum absolute atomic E-state index is 13.2. The number of carbonyl (C=O) groups excluding carboxylic acids is 2. The third-order valence-electron chi connectivity index (χ3n) is 4.15. The van der Waals surface area contributed by atoms with Gasteiger partial charge in [0.1, 0.15) is 6.04 Å². The van der Waals surface area contributed by atoms with Crippen LogP contribution in [0.4, 0.5) is 22.0 Å². The molecular formula is C16H24F5NO3. The Morgan fingerprint density at radius 2 is 1.64 bits per heavy atom. The van der Waals surface area contributed by atoms with Crippen molar-refractivity contribution in [2.24, 2.45) is 0 Å². The lowest BCUT2D eigenvalue weighted by atomic mass is 10.1. The molecule has 4 nitrogen and oxygen atoms in total. The van der Waals surface area contributed by atoms with Crippen LogP contribution in [0, 0.1) is 0 Å². The molecule has 0 aromatic carbocycles. The van der Waals surface area contributed by atoms with E-state index in [0.717, 1.165) is 32.1 Å². The van der Waals surface area contributed by atoms with Crippen LogP contribution in [0.25, 0.3) is 0 Å². The van der Waals surface area contributed by atoms with Gasteiger partial charge in [-0.05, 0) is 19.3 Å². The van der Waals surface area contributed by atoms with Crippen LogP contribution >= 0.6 is 0 Å². The van der Waals surface area contributed by atoms with Crippen molar-refractivity contribution in [2.75, 3.05) is 13.2 Å². The molecule has 0 aromatic heterocycles. The van der Waals surface area contributed by atoms with E-state index in [-0.39, 0.29) is 30.9 Å². The maximum atomic E-state index is 13.2. The maximum Gasteiger partial charge on any atom is 0.463 e. The van der Waals surface area contributed by atoms with Crippen LogP contribution in [0.15, 0.2) is 0 Å². The largest absolute Gasteiger partial charge is 0.464 e. The smallest absolute Gasteiger partial charge is 0.463 e. The van der Waals surface area contributed by atoms with Gasteiger partial charge in [-0.1, -0.05) is 39.0 Å². The van der Waals surface area contributed by atoms with Gasteiger partial charge in [-0.25, -0.2) is 4.79 Å². The van der Waals surface area contributed by atoms with Gasteiger partial charge in [-0.3, -0.25) is 4.79 Å². The second-order valence-electron chi connectivity index (χ2n) is 6.16. The molecule has 1 heterocycles.